The van der Waals surface area contributed by atoms with Gasteiger partial charge in [-0.3, -0.25) is 9.13 Å². The van der Waals surface area contributed by atoms with E-state index in [2.05, 4.69) is 40.5 Å². The van der Waals surface area contributed by atoms with Crippen LogP contribution in [0.1, 0.15) is 31.7 Å². The van der Waals surface area contributed by atoms with Gasteiger partial charge in [-0.15, -0.1) is 0 Å². The number of aromatic nitrogens is 8. The summed E-state index contributed by atoms with van der Waals surface area (Å²) in [5.74, 6) is 0.873. The van der Waals surface area contributed by atoms with Crippen molar-refractivity contribution < 1.29 is 40.1 Å². The Morgan fingerprint density at radius 1 is 0.644 bits per heavy atom. The Labute approximate surface area is 254 Å². The van der Waals surface area contributed by atoms with Crippen LogP contribution in [0.5, 0.6) is 0 Å². The molecular formula is C25H36N12O8. The molecule has 0 bridgehead atoms. The van der Waals surface area contributed by atoms with Crippen molar-refractivity contribution in [2.24, 2.45) is 0 Å². The van der Waals surface area contributed by atoms with Gasteiger partial charge in [-0.25, -0.2) is 29.9 Å². The van der Waals surface area contributed by atoms with Gasteiger partial charge >= 0.3 is 0 Å². The molecule has 0 unspecified atom stereocenters. The highest BCUT2D eigenvalue weighted by Gasteiger charge is 2.46. The minimum atomic E-state index is -1.35. The zero-order valence-electron chi connectivity index (χ0n) is 24.0. The van der Waals surface area contributed by atoms with Gasteiger partial charge in [-0.2, -0.15) is 0 Å². The molecule has 2 aliphatic rings. The molecule has 8 atom stereocenters. The largest absolute Gasteiger partial charge is 0.394 e. The number of anilines is 4. The Kier molecular flexibility index (Phi) is 8.79. The summed E-state index contributed by atoms with van der Waals surface area (Å²) >= 11 is 0. The molecule has 2 aliphatic heterocycles. The lowest BCUT2D eigenvalue weighted by atomic mass is 10.1. The Morgan fingerprint density at radius 3 is 1.44 bits per heavy atom. The lowest BCUT2D eigenvalue weighted by Crippen LogP contribution is -2.33. The van der Waals surface area contributed by atoms with Gasteiger partial charge in [-0.1, -0.05) is 0 Å². The van der Waals surface area contributed by atoms with E-state index in [0.29, 0.717) is 60.2 Å². The average molecular weight is 633 g/mol. The number of unbranched alkanes of at least 4 members (excludes halogenated alkanes) is 2. The van der Waals surface area contributed by atoms with Crippen LogP contribution in [0.3, 0.4) is 0 Å². The van der Waals surface area contributed by atoms with E-state index < -0.39 is 62.3 Å². The zero-order chi connectivity index (χ0) is 31.8. The van der Waals surface area contributed by atoms with Crippen LogP contribution in [0.4, 0.5) is 23.5 Å². The van der Waals surface area contributed by atoms with Crippen LogP contribution < -0.4 is 22.1 Å². The van der Waals surface area contributed by atoms with Gasteiger partial charge in [-0.05, 0) is 19.3 Å². The van der Waals surface area contributed by atoms with E-state index in [-0.39, 0.29) is 11.6 Å². The first-order chi connectivity index (χ1) is 21.7. The van der Waals surface area contributed by atoms with Crippen molar-refractivity contribution in [3.63, 3.8) is 0 Å². The topological polar surface area (TPSA) is 303 Å². The third kappa shape index (κ3) is 5.55. The van der Waals surface area contributed by atoms with E-state index in [4.69, 9.17) is 20.9 Å². The number of hydrogen-bond acceptors (Lipinski definition) is 18. The van der Waals surface area contributed by atoms with Crippen LogP contribution in [0, 0.1) is 0 Å². The molecule has 244 valence electrons. The maximum absolute atomic E-state index is 10.6. The summed E-state index contributed by atoms with van der Waals surface area (Å²) in [7, 11) is 0. The fraction of sp³-hybridized carbons (Fsp3) is 0.600. The van der Waals surface area contributed by atoms with Gasteiger partial charge in [0.05, 0.1) is 13.2 Å². The van der Waals surface area contributed by atoms with Gasteiger partial charge in [0, 0.05) is 13.1 Å². The molecule has 20 nitrogen and oxygen atoms in total. The first kappa shape index (κ1) is 31.0. The Morgan fingerprint density at radius 2 is 1.07 bits per heavy atom. The third-order valence-electron chi connectivity index (χ3n) is 7.97. The number of rotatable bonds is 12. The monoisotopic (exact) mass is 632 g/mol. The molecule has 45 heavy (non-hydrogen) atoms. The number of hydrogen-bond donors (Lipinski definition) is 10. The molecule has 4 aromatic rings. The van der Waals surface area contributed by atoms with Crippen molar-refractivity contribution >= 4 is 45.9 Å². The molecule has 0 aliphatic carbocycles. The van der Waals surface area contributed by atoms with Gasteiger partial charge in [0.1, 0.15) is 49.3 Å². The lowest BCUT2D eigenvalue weighted by Gasteiger charge is -2.20. The SMILES string of the molecule is Nc1ncnc2c1nc(NCCCCCNc1nc3c(N)ncnc3n1[C@H]1O[C@@H](CO)[C@@H](O)[C@H]1O)n2[C@@H]1O[C@@H](CO)[C@@H](O)[C@H]1O. The van der Waals surface area contributed by atoms with Crippen molar-refractivity contribution in [3.8, 4) is 0 Å². The third-order valence-corrected chi connectivity index (χ3v) is 7.97. The minimum absolute atomic E-state index is 0.135. The molecule has 0 aromatic carbocycles. The first-order valence-corrected chi connectivity index (χ1v) is 14.4. The van der Waals surface area contributed by atoms with E-state index in [1.165, 1.54) is 21.8 Å². The lowest BCUT2D eigenvalue weighted by molar-refractivity contribution is -0.0501. The summed E-state index contributed by atoms with van der Waals surface area (Å²) in [6.07, 6.45) is -4.74. The Bertz CT molecular complexity index is 1520. The van der Waals surface area contributed by atoms with Crippen molar-refractivity contribution in [2.45, 2.75) is 68.3 Å². The fourth-order valence-corrected chi connectivity index (χ4v) is 5.60. The number of nitrogen functional groups attached to an aromatic ring is 2. The van der Waals surface area contributed by atoms with E-state index in [0.717, 1.165) is 6.42 Å². The van der Waals surface area contributed by atoms with Gasteiger partial charge in [0.2, 0.25) is 11.9 Å². The maximum Gasteiger partial charge on any atom is 0.207 e. The smallest absolute Gasteiger partial charge is 0.207 e. The minimum Gasteiger partial charge on any atom is -0.394 e. The van der Waals surface area contributed by atoms with Crippen LogP contribution in [0.2, 0.25) is 0 Å². The van der Waals surface area contributed by atoms with Gasteiger partial charge < -0.3 is 62.2 Å². The highest BCUT2D eigenvalue weighted by molar-refractivity contribution is 5.84. The van der Waals surface area contributed by atoms with Crippen LogP contribution in [0.15, 0.2) is 12.7 Å². The van der Waals surface area contributed by atoms with Crippen molar-refractivity contribution in [3.05, 3.63) is 12.7 Å². The molecular weight excluding hydrogens is 596 g/mol. The highest BCUT2D eigenvalue weighted by atomic mass is 16.6. The number of aliphatic hydroxyl groups is 6. The number of ether oxygens (including phenoxy) is 2. The molecule has 2 saturated heterocycles. The summed E-state index contributed by atoms with van der Waals surface area (Å²) in [5, 5.41) is 67.4. The van der Waals surface area contributed by atoms with E-state index >= 15 is 0 Å². The second-order valence-electron chi connectivity index (χ2n) is 10.8. The predicted octanol–water partition coefficient (Wildman–Crippen LogP) is -2.95. The predicted molar refractivity (Wildman–Crippen MR) is 156 cm³/mol. The highest BCUT2D eigenvalue weighted by Crippen LogP contribution is 2.36. The maximum atomic E-state index is 10.6. The molecule has 20 heteroatoms. The normalized spacial score (nSPS) is 28.4. The number of fused-ring (bicyclic) bond motifs is 2. The summed E-state index contributed by atoms with van der Waals surface area (Å²) in [4.78, 5) is 25.4. The molecule has 0 radical (unpaired) electrons. The molecule has 0 spiro atoms. The first-order valence-electron chi connectivity index (χ1n) is 14.4. The zero-order valence-corrected chi connectivity index (χ0v) is 24.0. The van der Waals surface area contributed by atoms with Crippen LogP contribution in [-0.4, -0.2) is 133 Å². The van der Waals surface area contributed by atoms with E-state index in [9.17, 15) is 30.6 Å². The van der Waals surface area contributed by atoms with Gasteiger partial charge in [0.25, 0.3) is 0 Å². The second kappa shape index (κ2) is 12.8. The summed E-state index contributed by atoms with van der Waals surface area (Å²) in [6.45, 7) is -0.0191. The molecule has 6 heterocycles. The molecule has 6 rings (SSSR count). The van der Waals surface area contributed by atoms with Crippen LogP contribution >= 0.6 is 0 Å². The summed E-state index contributed by atoms with van der Waals surface area (Å²) < 4.78 is 14.4. The fourth-order valence-electron chi connectivity index (χ4n) is 5.60. The number of aliphatic hydroxyl groups excluding tert-OH is 6. The summed E-state index contributed by atoms with van der Waals surface area (Å²) in [6, 6.07) is 0. The summed E-state index contributed by atoms with van der Waals surface area (Å²) in [5.41, 5.74) is 13.2. The Hall–Kier alpha value is -4.02. The molecule has 12 N–H and O–H groups in total. The van der Waals surface area contributed by atoms with E-state index in [1.807, 2.05) is 0 Å². The molecule has 4 aromatic heterocycles. The second-order valence-corrected chi connectivity index (χ2v) is 10.8. The quantitative estimate of drug-likeness (QED) is 0.0698. The number of nitrogens with one attached hydrogen (secondary N) is 2. The van der Waals surface area contributed by atoms with Crippen LogP contribution in [-0.2, 0) is 9.47 Å². The van der Waals surface area contributed by atoms with Crippen molar-refractivity contribution in [1.82, 2.24) is 39.0 Å². The number of imidazole rings is 2. The average Bonchev–Trinajstić information content (AvgIpc) is 3.75. The number of nitrogens with zero attached hydrogens (tertiary/aromatic N) is 8. The molecule has 0 amide bonds. The van der Waals surface area contributed by atoms with Crippen molar-refractivity contribution in [1.29, 1.82) is 0 Å². The Balaban J connectivity index is 1.09. The number of nitrogens with two attached hydrogens (primary N) is 2. The standard InChI is InChI=1S/C25H36N12O8/c26-18-12-20(32-8-30-18)36(22-16(42)14(40)10(6-38)44-22)24(34-12)28-4-2-1-3-5-29-25-35-13-19(27)31-9-33-21(13)37(25)23-17(43)15(41)11(7-39)45-23/h8-11,14-17,22-23,38-43H,1-7H2,(H,28,34)(H,29,35)(H2,26,30,32)(H2,27,31,33)/t10-,11-,14+,15+,16+,17+,22-,23+/m0/s1. The van der Waals surface area contributed by atoms with Crippen molar-refractivity contribution in [2.75, 3.05) is 48.4 Å². The van der Waals surface area contributed by atoms with Crippen LogP contribution in [0.25, 0.3) is 22.3 Å². The molecule has 2 fully saturated rings. The van der Waals surface area contributed by atoms with E-state index in [1.54, 1.807) is 0 Å². The van der Waals surface area contributed by atoms with Gasteiger partial charge in [0.15, 0.2) is 46.4 Å². The molecule has 0 saturated carbocycles.